The van der Waals surface area contributed by atoms with Gasteiger partial charge in [0.1, 0.15) is 11.5 Å². The second-order valence-corrected chi connectivity index (χ2v) is 11.1. The molecule has 4 nitrogen and oxygen atoms in total. The van der Waals surface area contributed by atoms with E-state index < -0.39 is 5.97 Å². The molecule has 0 aliphatic rings. The number of benzene rings is 4. The Balaban J connectivity index is 1.33. The van der Waals surface area contributed by atoms with Crippen LogP contribution in [0.5, 0.6) is 11.5 Å². The van der Waals surface area contributed by atoms with Crippen LogP contribution in [0.1, 0.15) is 93.1 Å². The van der Waals surface area contributed by atoms with E-state index in [0.717, 1.165) is 47.5 Å². The summed E-state index contributed by atoms with van der Waals surface area (Å²) in [6, 6.07) is 31.3. The van der Waals surface area contributed by atoms with Crippen molar-refractivity contribution < 1.29 is 14.3 Å². The summed E-state index contributed by atoms with van der Waals surface area (Å²) in [7, 11) is 0. The van der Waals surface area contributed by atoms with Crippen molar-refractivity contribution in [3.63, 3.8) is 0 Å². The minimum atomic E-state index is -0.491. The number of ether oxygens (including phenoxy) is 2. The molecule has 4 rings (SSSR count). The molecule has 4 heteroatoms. The molecule has 0 fully saturated rings. The Morgan fingerprint density at radius 1 is 0.651 bits per heavy atom. The lowest BCUT2D eigenvalue weighted by Crippen LogP contribution is -2.09. The molecule has 0 aliphatic heterocycles. The predicted molar refractivity (Wildman–Crippen MR) is 176 cm³/mol. The Kier molecular flexibility index (Phi) is 12.4. The Labute approximate surface area is 257 Å². The van der Waals surface area contributed by atoms with E-state index >= 15 is 0 Å². The Morgan fingerprint density at radius 2 is 1.23 bits per heavy atom. The lowest BCUT2D eigenvalue weighted by molar-refractivity contribution is 0.0734. The van der Waals surface area contributed by atoms with Gasteiger partial charge in [-0.2, -0.15) is 5.26 Å². The summed E-state index contributed by atoms with van der Waals surface area (Å²) in [5.74, 6) is 0.835. The number of rotatable bonds is 16. The molecule has 43 heavy (non-hydrogen) atoms. The molecule has 0 spiro atoms. The molecule has 222 valence electrons. The van der Waals surface area contributed by atoms with E-state index in [9.17, 15) is 10.1 Å². The summed E-state index contributed by atoms with van der Waals surface area (Å²) >= 11 is 0. The monoisotopic (exact) mass is 573 g/mol. The van der Waals surface area contributed by atoms with Gasteiger partial charge in [0, 0.05) is 0 Å². The van der Waals surface area contributed by atoms with Gasteiger partial charge in [-0.1, -0.05) is 113 Å². The van der Waals surface area contributed by atoms with Gasteiger partial charge in [0.05, 0.1) is 23.8 Å². The molecular weight excluding hydrogens is 530 g/mol. The average molecular weight is 574 g/mol. The summed E-state index contributed by atoms with van der Waals surface area (Å²) in [5.41, 5.74) is 5.96. The van der Waals surface area contributed by atoms with Gasteiger partial charge in [0.25, 0.3) is 0 Å². The quantitative estimate of drug-likeness (QED) is 0.0760. The van der Waals surface area contributed by atoms with Crippen molar-refractivity contribution in [3.8, 4) is 39.8 Å². The normalized spacial score (nSPS) is 10.7. The fourth-order valence-electron chi connectivity index (χ4n) is 5.14. The molecule has 0 atom stereocenters. The maximum absolute atomic E-state index is 12.9. The topological polar surface area (TPSA) is 59.3 Å². The third-order valence-corrected chi connectivity index (χ3v) is 7.73. The van der Waals surface area contributed by atoms with E-state index in [1.807, 2.05) is 42.5 Å². The third-order valence-electron chi connectivity index (χ3n) is 7.73. The number of nitrogens with zero attached hydrogens (tertiary/aromatic N) is 1. The number of carbonyl (C=O) groups excluding carboxylic acids is 1. The van der Waals surface area contributed by atoms with Gasteiger partial charge in [-0.3, -0.25) is 0 Å². The van der Waals surface area contributed by atoms with E-state index in [-0.39, 0.29) is 0 Å². The van der Waals surface area contributed by atoms with Gasteiger partial charge in [-0.15, -0.1) is 0 Å². The molecule has 0 saturated heterocycles. The first-order chi connectivity index (χ1) is 21.1. The van der Waals surface area contributed by atoms with Gasteiger partial charge < -0.3 is 9.47 Å². The van der Waals surface area contributed by atoms with Crippen molar-refractivity contribution in [2.24, 2.45) is 0 Å². The van der Waals surface area contributed by atoms with E-state index in [4.69, 9.17) is 9.47 Å². The molecule has 0 unspecified atom stereocenters. The molecule has 0 amide bonds. The molecule has 0 bridgehead atoms. The molecule has 0 heterocycles. The molecule has 0 aromatic heterocycles. The largest absolute Gasteiger partial charge is 0.494 e. The van der Waals surface area contributed by atoms with Crippen molar-refractivity contribution in [2.75, 3.05) is 6.61 Å². The van der Waals surface area contributed by atoms with Crippen LogP contribution in [-0.2, 0) is 6.42 Å². The maximum Gasteiger partial charge on any atom is 0.343 e. The highest BCUT2D eigenvalue weighted by atomic mass is 16.5. The maximum atomic E-state index is 12.9. The highest BCUT2D eigenvalue weighted by molar-refractivity contribution is 5.92. The number of hydrogen-bond donors (Lipinski definition) is 0. The van der Waals surface area contributed by atoms with Crippen LogP contribution in [0.3, 0.4) is 0 Å². The van der Waals surface area contributed by atoms with Crippen molar-refractivity contribution in [1.29, 1.82) is 5.26 Å². The van der Waals surface area contributed by atoms with Crippen LogP contribution in [0.25, 0.3) is 22.3 Å². The van der Waals surface area contributed by atoms with Gasteiger partial charge in [0.2, 0.25) is 0 Å². The van der Waals surface area contributed by atoms with Crippen LogP contribution in [0.15, 0.2) is 91.0 Å². The SMILES string of the molecule is CCCCCCCc1ccc(-c2ccc(C(=O)Oc3ccc(-c4ccc(OCCCCCC)cc4)cc3)cc2C#N)cc1. The van der Waals surface area contributed by atoms with Gasteiger partial charge >= 0.3 is 5.97 Å². The standard InChI is InChI=1S/C39H43NO3/c1-3-5-7-9-10-12-30-13-15-33(16-14-30)38-26-21-34(28-35(38)29-40)39(41)43-37-24-19-32(20-25-37)31-17-22-36(23-18-31)42-27-11-8-6-4-2/h13-26,28H,3-12,27H2,1-2H3. The summed E-state index contributed by atoms with van der Waals surface area (Å²) in [6.07, 6.45) is 12.1. The number of unbranched alkanes of at least 4 members (excludes halogenated alkanes) is 7. The minimum Gasteiger partial charge on any atom is -0.494 e. The number of hydrogen-bond acceptors (Lipinski definition) is 4. The van der Waals surface area contributed by atoms with Crippen molar-refractivity contribution >= 4 is 5.97 Å². The molecule has 0 saturated carbocycles. The molecule has 0 N–H and O–H groups in total. The summed E-state index contributed by atoms with van der Waals surface area (Å²) < 4.78 is 11.5. The zero-order valence-corrected chi connectivity index (χ0v) is 25.6. The number of carbonyl (C=O) groups is 1. The van der Waals surface area contributed by atoms with Crippen LogP contribution in [0.2, 0.25) is 0 Å². The van der Waals surface area contributed by atoms with Gasteiger partial charge in [-0.05, 0) is 83.5 Å². The van der Waals surface area contributed by atoms with Gasteiger partial charge in [0.15, 0.2) is 0 Å². The summed E-state index contributed by atoms with van der Waals surface area (Å²) in [5, 5.41) is 9.84. The van der Waals surface area contributed by atoms with E-state index in [2.05, 4.69) is 44.2 Å². The van der Waals surface area contributed by atoms with E-state index in [1.165, 1.54) is 56.9 Å². The van der Waals surface area contributed by atoms with Crippen molar-refractivity contribution in [2.45, 2.75) is 78.1 Å². The molecule has 0 aliphatic carbocycles. The zero-order valence-electron chi connectivity index (χ0n) is 25.6. The highest BCUT2D eigenvalue weighted by Gasteiger charge is 2.14. The molecule has 0 radical (unpaired) electrons. The molecule has 4 aromatic carbocycles. The summed E-state index contributed by atoms with van der Waals surface area (Å²) in [4.78, 5) is 12.9. The van der Waals surface area contributed by atoms with Crippen LogP contribution in [0.4, 0.5) is 0 Å². The number of nitriles is 1. The van der Waals surface area contributed by atoms with Crippen LogP contribution >= 0.6 is 0 Å². The number of esters is 1. The van der Waals surface area contributed by atoms with Crippen molar-refractivity contribution in [3.05, 3.63) is 108 Å². The zero-order chi connectivity index (χ0) is 30.3. The van der Waals surface area contributed by atoms with Crippen LogP contribution in [-0.4, -0.2) is 12.6 Å². The minimum absolute atomic E-state index is 0.346. The average Bonchev–Trinajstić information content (AvgIpc) is 3.05. The Morgan fingerprint density at radius 3 is 1.86 bits per heavy atom. The lowest BCUT2D eigenvalue weighted by atomic mass is 9.96. The number of aryl methyl sites for hydroxylation is 1. The second kappa shape index (κ2) is 16.9. The second-order valence-electron chi connectivity index (χ2n) is 11.1. The van der Waals surface area contributed by atoms with Gasteiger partial charge in [-0.25, -0.2) is 4.79 Å². The van der Waals surface area contributed by atoms with Crippen LogP contribution < -0.4 is 9.47 Å². The van der Waals surface area contributed by atoms with Crippen molar-refractivity contribution in [1.82, 2.24) is 0 Å². The smallest absolute Gasteiger partial charge is 0.343 e. The first kappa shape index (κ1) is 31.6. The highest BCUT2D eigenvalue weighted by Crippen LogP contribution is 2.28. The lowest BCUT2D eigenvalue weighted by Gasteiger charge is -2.10. The van der Waals surface area contributed by atoms with Crippen LogP contribution in [0, 0.1) is 11.3 Å². The first-order valence-electron chi connectivity index (χ1n) is 15.8. The molecule has 4 aromatic rings. The molecular formula is C39H43NO3. The Hall–Kier alpha value is -4.36. The fourth-order valence-corrected chi connectivity index (χ4v) is 5.14. The third kappa shape index (κ3) is 9.58. The Bertz CT molecular complexity index is 1470. The fraction of sp³-hybridized carbons (Fsp3) is 0.333. The first-order valence-corrected chi connectivity index (χ1v) is 15.8. The summed E-state index contributed by atoms with van der Waals surface area (Å²) in [6.45, 7) is 5.18. The van der Waals surface area contributed by atoms with E-state index in [0.29, 0.717) is 16.9 Å². The van der Waals surface area contributed by atoms with E-state index in [1.54, 1.807) is 24.3 Å². The predicted octanol–water partition coefficient (Wildman–Crippen LogP) is 10.6.